The molecule has 2 unspecified atom stereocenters. The third-order valence-corrected chi connectivity index (χ3v) is 3.74. The van der Waals surface area contributed by atoms with Gasteiger partial charge in [-0.1, -0.05) is 32.0 Å². The lowest BCUT2D eigenvalue weighted by atomic mass is 10.0. The minimum Gasteiger partial charge on any atom is -0.409 e. The van der Waals surface area contributed by atoms with Gasteiger partial charge in [-0.05, 0) is 17.4 Å². The first-order chi connectivity index (χ1) is 8.06. The molecule has 1 rings (SSSR count). The molecular formula is C12H21N3OS. The molecule has 5 heteroatoms. The molecule has 4 N–H and O–H groups in total. The highest BCUT2D eigenvalue weighted by Gasteiger charge is 2.18. The van der Waals surface area contributed by atoms with E-state index in [1.54, 1.807) is 11.3 Å². The van der Waals surface area contributed by atoms with Gasteiger partial charge in [-0.2, -0.15) is 0 Å². The first-order valence-corrected chi connectivity index (χ1v) is 6.68. The van der Waals surface area contributed by atoms with Gasteiger partial charge in [-0.3, -0.25) is 0 Å². The fraction of sp³-hybridized carbons (Fsp3) is 0.583. The second kappa shape index (κ2) is 6.61. The molecule has 1 aromatic rings. The molecule has 0 aliphatic carbocycles. The van der Waals surface area contributed by atoms with Crippen LogP contribution >= 0.6 is 11.3 Å². The van der Waals surface area contributed by atoms with Crippen molar-refractivity contribution in [2.45, 2.75) is 26.8 Å². The molecule has 0 aliphatic heterocycles. The van der Waals surface area contributed by atoms with Crippen molar-refractivity contribution in [2.24, 2.45) is 22.7 Å². The second-order valence-electron chi connectivity index (χ2n) is 4.57. The maximum Gasteiger partial charge on any atom is 0.143 e. The Morgan fingerprint density at radius 3 is 2.71 bits per heavy atom. The number of hydrogen-bond donors (Lipinski definition) is 3. The Morgan fingerprint density at radius 1 is 1.53 bits per heavy atom. The van der Waals surface area contributed by atoms with Gasteiger partial charge in [0.15, 0.2) is 0 Å². The quantitative estimate of drug-likeness (QED) is 0.316. The summed E-state index contributed by atoms with van der Waals surface area (Å²) in [5.74, 6) is 0.806. The van der Waals surface area contributed by atoms with Crippen LogP contribution in [0.15, 0.2) is 22.7 Å². The van der Waals surface area contributed by atoms with Gasteiger partial charge in [0.05, 0.1) is 0 Å². The monoisotopic (exact) mass is 255 g/mol. The van der Waals surface area contributed by atoms with Crippen LogP contribution in [0, 0.1) is 11.8 Å². The third kappa shape index (κ3) is 4.02. The molecule has 2 atom stereocenters. The highest BCUT2D eigenvalue weighted by Crippen LogP contribution is 2.25. The molecule has 4 nitrogen and oxygen atoms in total. The van der Waals surface area contributed by atoms with E-state index in [4.69, 9.17) is 10.9 Å². The van der Waals surface area contributed by atoms with Crippen molar-refractivity contribution in [3.05, 3.63) is 22.4 Å². The largest absolute Gasteiger partial charge is 0.409 e. The van der Waals surface area contributed by atoms with Crippen molar-refractivity contribution in [1.29, 1.82) is 0 Å². The molecule has 0 aromatic carbocycles. The Balaban J connectivity index is 2.58. The van der Waals surface area contributed by atoms with Gasteiger partial charge in [0.1, 0.15) is 5.84 Å². The average Bonchev–Trinajstić information content (AvgIpc) is 2.81. The van der Waals surface area contributed by atoms with Crippen LogP contribution in [0.25, 0.3) is 0 Å². The molecular weight excluding hydrogens is 234 g/mol. The molecule has 0 saturated carbocycles. The second-order valence-corrected chi connectivity index (χ2v) is 5.55. The van der Waals surface area contributed by atoms with Crippen LogP contribution in [0.2, 0.25) is 0 Å². The number of nitrogens with one attached hydrogen (secondary N) is 1. The fourth-order valence-electron chi connectivity index (χ4n) is 1.64. The van der Waals surface area contributed by atoms with Crippen molar-refractivity contribution in [3.8, 4) is 0 Å². The zero-order valence-electron chi connectivity index (χ0n) is 10.6. The lowest BCUT2D eigenvalue weighted by Gasteiger charge is -2.23. The average molecular weight is 255 g/mol. The first kappa shape index (κ1) is 14.0. The number of thiophene rings is 1. The summed E-state index contributed by atoms with van der Waals surface area (Å²) in [6.45, 7) is 7.02. The lowest BCUT2D eigenvalue weighted by molar-refractivity contribution is 0.313. The minimum atomic E-state index is 0.0289. The summed E-state index contributed by atoms with van der Waals surface area (Å²) in [6, 6.07) is 4.52. The first-order valence-electron chi connectivity index (χ1n) is 5.80. The lowest BCUT2D eigenvalue weighted by Crippen LogP contribution is -2.34. The van der Waals surface area contributed by atoms with Gasteiger partial charge >= 0.3 is 0 Å². The number of nitrogens with zero attached hydrogens (tertiary/aromatic N) is 1. The van der Waals surface area contributed by atoms with Crippen molar-refractivity contribution in [1.82, 2.24) is 5.32 Å². The summed E-state index contributed by atoms with van der Waals surface area (Å²) < 4.78 is 0. The van der Waals surface area contributed by atoms with Crippen LogP contribution < -0.4 is 11.1 Å². The van der Waals surface area contributed by atoms with Gasteiger partial charge in [0, 0.05) is 23.4 Å². The topological polar surface area (TPSA) is 70.6 Å². The Morgan fingerprint density at radius 2 is 2.24 bits per heavy atom. The van der Waals surface area contributed by atoms with Crippen molar-refractivity contribution >= 4 is 17.2 Å². The molecule has 0 bridgehead atoms. The molecule has 0 amide bonds. The highest BCUT2D eigenvalue weighted by molar-refractivity contribution is 7.10. The Kier molecular flexibility index (Phi) is 5.44. The highest BCUT2D eigenvalue weighted by atomic mass is 32.1. The summed E-state index contributed by atoms with van der Waals surface area (Å²) in [5.41, 5.74) is 5.56. The van der Waals surface area contributed by atoms with E-state index in [9.17, 15) is 0 Å². The summed E-state index contributed by atoms with van der Waals surface area (Å²) in [7, 11) is 0. The normalized spacial score (nSPS) is 16.1. The van der Waals surface area contributed by atoms with E-state index in [2.05, 4.69) is 41.8 Å². The maximum atomic E-state index is 8.60. The molecule has 96 valence electrons. The maximum absolute atomic E-state index is 8.60. The predicted octanol–water partition coefficient (Wildman–Crippen LogP) is 2.42. The summed E-state index contributed by atoms with van der Waals surface area (Å²) in [5, 5.41) is 17.2. The van der Waals surface area contributed by atoms with E-state index in [1.807, 2.05) is 6.92 Å². The predicted molar refractivity (Wildman–Crippen MR) is 72.5 cm³/mol. The van der Waals surface area contributed by atoms with Gasteiger partial charge in [0.2, 0.25) is 0 Å². The van der Waals surface area contributed by atoms with Gasteiger partial charge < -0.3 is 16.3 Å². The number of oxime groups is 1. The fourth-order valence-corrected chi connectivity index (χ4v) is 2.61. The van der Waals surface area contributed by atoms with E-state index in [0.29, 0.717) is 18.5 Å². The van der Waals surface area contributed by atoms with E-state index in [0.717, 1.165) is 0 Å². The third-order valence-electron chi connectivity index (χ3n) is 2.78. The molecule has 0 fully saturated rings. The molecule has 0 spiro atoms. The molecule has 1 heterocycles. The summed E-state index contributed by atoms with van der Waals surface area (Å²) in [4.78, 5) is 1.33. The van der Waals surface area contributed by atoms with Crippen LogP contribution in [0.5, 0.6) is 0 Å². The number of rotatable bonds is 6. The Hall–Kier alpha value is -1.07. The van der Waals surface area contributed by atoms with Crippen LogP contribution in [0.1, 0.15) is 31.7 Å². The minimum absolute atomic E-state index is 0.0289. The zero-order valence-corrected chi connectivity index (χ0v) is 11.4. The molecule has 0 aliphatic rings. The molecule has 1 aromatic heterocycles. The number of hydrogen-bond acceptors (Lipinski definition) is 4. The van der Waals surface area contributed by atoms with Crippen molar-refractivity contribution < 1.29 is 5.21 Å². The van der Waals surface area contributed by atoms with Crippen molar-refractivity contribution in [3.63, 3.8) is 0 Å². The van der Waals surface area contributed by atoms with Crippen LogP contribution in [0.3, 0.4) is 0 Å². The van der Waals surface area contributed by atoms with Gasteiger partial charge in [-0.25, -0.2) is 0 Å². The van der Waals surface area contributed by atoms with E-state index < -0.39 is 0 Å². The Bertz CT molecular complexity index is 349. The van der Waals surface area contributed by atoms with E-state index in [1.165, 1.54) is 4.88 Å². The zero-order chi connectivity index (χ0) is 12.8. The van der Waals surface area contributed by atoms with Crippen LogP contribution in [-0.4, -0.2) is 17.6 Å². The standard InChI is InChI=1S/C12H21N3OS/c1-8(2)11(10-5-4-6-17-10)14-7-9(3)12(13)15-16/h4-6,8-9,11,14,16H,7H2,1-3H3,(H2,13,15). The summed E-state index contributed by atoms with van der Waals surface area (Å²) >= 11 is 1.75. The summed E-state index contributed by atoms with van der Waals surface area (Å²) in [6.07, 6.45) is 0. The Labute approximate surface area is 107 Å². The smallest absolute Gasteiger partial charge is 0.143 e. The van der Waals surface area contributed by atoms with E-state index in [-0.39, 0.29) is 11.8 Å². The van der Waals surface area contributed by atoms with Crippen LogP contribution in [0.4, 0.5) is 0 Å². The molecule has 17 heavy (non-hydrogen) atoms. The van der Waals surface area contributed by atoms with Gasteiger partial charge in [-0.15, -0.1) is 11.3 Å². The van der Waals surface area contributed by atoms with E-state index >= 15 is 0 Å². The van der Waals surface area contributed by atoms with Crippen molar-refractivity contribution in [2.75, 3.05) is 6.54 Å². The number of amidine groups is 1. The molecule has 0 radical (unpaired) electrons. The molecule has 0 saturated heterocycles. The van der Waals surface area contributed by atoms with Gasteiger partial charge in [0.25, 0.3) is 0 Å². The van der Waals surface area contributed by atoms with Crippen LogP contribution in [-0.2, 0) is 0 Å². The SMILES string of the molecule is CC(CNC(c1cccs1)C(C)C)C(N)=NO. The number of nitrogens with two attached hydrogens (primary N) is 1.